The lowest BCUT2D eigenvalue weighted by Crippen LogP contribution is -2.30. The SMILES string of the molecule is CN(Cc1ccc2c(c1)OCCO2)C(=O)COC(=O)c1cccs1. The molecule has 126 valence electrons. The predicted octanol–water partition coefficient (Wildman–Crippen LogP) is 2.33. The molecule has 0 spiro atoms. The third-order valence-corrected chi connectivity index (χ3v) is 4.35. The van der Waals surface area contributed by atoms with Gasteiger partial charge in [0.05, 0.1) is 0 Å². The Morgan fingerprint density at radius 1 is 1.21 bits per heavy atom. The lowest BCUT2D eigenvalue weighted by Gasteiger charge is -2.21. The number of amides is 1. The fourth-order valence-corrected chi connectivity index (χ4v) is 2.87. The molecule has 3 rings (SSSR count). The standard InChI is InChI=1S/C17H17NO5S/c1-18(16(19)11-23-17(20)15-3-2-8-24-15)10-12-4-5-13-14(9-12)22-7-6-21-13/h2-5,8-9H,6-7,10-11H2,1H3. The Hall–Kier alpha value is -2.54. The van der Waals surface area contributed by atoms with Gasteiger partial charge in [-0.1, -0.05) is 12.1 Å². The Morgan fingerprint density at radius 2 is 2.00 bits per heavy atom. The van der Waals surface area contributed by atoms with E-state index in [2.05, 4.69) is 0 Å². The van der Waals surface area contributed by atoms with Crippen molar-refractivity contribution in [1.82, 2.24) is 4.90 Å². The monoisotopic (exact) mass is 347 g/mol. The van der Waals surface area contributed by atoms with Gasteiger partial charge in [0.15, 0.2) is 18.1 Å². The first-order chi connectivity index (χ1) is 11.6. The first-order valence-corrected chi connectivity index (χ1v) is 8.34. The number of esters is 1. The quantitative estimate of drug-likeness (QED) is 0.777. The molecule has 1 aliphatic heterocycles. The van der Waals surface area contributed by atoms with E-state index in [-0.39, 0.29) is 12.5 Å². The van der Waals surface area contributed by atoms with E-state index in [0.29, 0.717) is 36.1 Å². The Kier molecular flexibility index (Phi) is 5.00. The summed E-state index contributed by atoms with van der Waals surface area (Å²) >= 11 is 1.28. The van der Waals surface area contributed by atoms with Crippen molar-refractivity contribution in [1.29, 1.82) is 0 Å². The molecule has 0 aliphatic carbocycles. The number of nitrogens with zero attached hydrogens (tertiary/aromatic N) is 1. The molecule has 0 radical (unpaired) electrons. The van der Waals surface area contributed by atoms with E-state index in [0.717, 1.165) is 5.56 Å². The second-order valence-corrected chi connectivity index (χ2v) is 6.23. The van der Waals surface area contributed by atoms with Crippen molar-refractivity contribution in [3.63, 3.8) is 0 Å². The fourth-order valence-electron chi connectivity index (χ4n) is 2.25. The van der Waals surface area contributed by atoms with Crippen molar-refractivity contribution < 1.29 is 23.8 Å². The number of carbonyl (C=O) groups excluding carboxylic acids is 2. The van der Waals surface area contributed by atoms with Crippen LogP contribution in [0.15, 0.2) is 35.7 Å². The summed E-state index contributed by atoms with van der Waals surface area (Å²) in [5, 5.41) is 1.78. The van der Waals surface area contributed by atoms with Crippen LogP contribution in [0.1, 0.15) is 15.2 Å². The molecule has 1 aromatic heterocycles. The Morgan fingerprint density at radius 3 is 2.75 bits per heavy atom. The first kappa shape index (κ1) is 16.3. The van der Waals surface area contributed by atoms with E-state index >= 15 is 0 Å². The normalized spacial score (nSPS) is 12.5. The van der Waals surface area contributed by atoms with Crippen LogP contribution in [0.4, 0.5) is 0 Å². The maximum atomic E-state index is 12.1. The third kappa shape index (κ3) is 3.86. The lowest BCUT2D eigenvalue weighted by molar-refractivity contribution is -0.133. The molecule has 24 heavy (non-hydrogen) atoms. The highest BCUT2D eigenvalue weighted by atomic mass is 32.1. The number of thiophene rings is 1. The van der Waals surface area contributed by atoms with Crippen molar-refractivity contribution in [3.8, 4) is 11.5 Å². The van der Waals surface area contributed by atoms with Gasteiger partial charge in [0.25, 0.3) is 5.91 Å². The van der Waals surface area contributed by atoms with Crippen LogP contribution in [-0.4, -0.2) is 43.6 Å². The van der Waals surface area contributed by atoms with Gasteiger partial charge in [-0.15, -0.1) is 11.3 Å². The van der Waals surface area contributed by atoms with Crippen molar-refractivity contribution in [2.24, 2.45) is 0 Å². The zero-order valence-electron chi connectivity index (χ0n) is 13.2. The van der Waals surface area contributed by atoms with Crippen LogP contribution in [0.5, 0.6) is 11.5 Å². The molecule has 1 aliphatic rings. The molecule has 2 aromatic rings. The topological polar surface area (TPSA) is 65.1 Å². The van der Waals surface area contributed by atoms with Gasteiger partial charge in [-0.3, -0.25) is 4.79 Å². The average molecular weight is 347 g/mol. The zero-order chi connectivity index (χ0) is 16.9. The molecule has 1 amide bonds. The van der Waals surface area contributed by atoms with Crippen LogP contribution in [-0.2, 0) is 16.1 Å². The molecule has 0 unspecified atom stereocenters. The van der Waals surface area contributed by atoms with Gasteiger partial charge in [-0.25, -0.2) is 4.79 Å². The number of benzene rings is 1. The number of ether oxygens (including phenoxy) is 3. The maximum Gasteiger partial charge on any atom is 0.348 e. The summed E-state index contributed by atoms with van der Waals surface area (Å²) in [6, 6.07) is 9.00. The van der Waals surface area contributed by atoms with Crippen molar-refractivity contribution in [3.05, 3.63) is 46.2 Å². The van der Waals surface area contributed by atoms with Gasteiger partial charge in [-0.2, -0.15) is 0 Å². The predicted molar refractivity (Wildman–Crippen MR) is 88.5 cm³/mol. The minimum atomic E-state index is -0.480. The van der Waals surface area contributed by atoms with Gasteiger partial charge in [0, 0.05) is 13.6 Å². The summed E-state index contributed by atoms with van der Waals surface area (Å²) in [5.74, 6) is 0.647. The maximum absolute atomic E-state index is 12.1. The number of fused-ring (bicyclic) bond motifs is 1. The molecule has 0 saturated heterocycles. The summed E-state index contributed by atoms with van der Waals surface area (Å²) < 4.78 is 16.0. The van der Waals surface area contributed by atoms with E-state index in [1.165, 1.54) is 16.2 Å². The smallest absolute Gasteiger partial charge is 0.348 e. The van der Waals surface area contributed by atoms with E-state index < -0.39 is 5.97 Å². The van der Waals surface area contributed by atoms with Crippen LogP contribution >= 0.6 is 11.3 Å². The van der Waals surface area contributed by atoms with Crippen molar-refractivity contribution in [2.75, 3.05) is 26.9 Å². The molecule has 6 nitrogen and oxygen atoms in total. The van der Waals surface area contributed by atoms with Crippen LogP contribution in [0.3, 0.4) is 0 Å². The van der Waals surface area contributed by atoms with Crippen molar-refractivity contribution >= 4 is 23.2 Å². The highest BCUT2D eigenvalue weighted by molar-refractivity contribution is 7.11. The molecule has 0 N–H and O–H groups in total. The number of hydrogen-bond acceptors (Lipinski definition) is 6. The summed E-state index contributed by atoms with van der Waals surface area (Å²) in [4.78, 5) is 25.8. The van der Waals surface area contributed by atoms with Crippen LogP contribution in [0, 0.1) is 0 Å². The number of likely N-dealkylation sites (N-methyl/N-ethyl adjacent to an activating group) is 1. The van der Waals surface area contributed by atoms with Gasteiger partial charge >= 0.3 is 5.97 Å². The summed E-state index contributed by atoms with van der Waals surface area (Å²) in [6.45, 7) is 1.17. The first-order valence-electron chi connectivity index (χ1n) is 7.46. The highest BCUT2D eigenvalue weighted by Gasteiger charge is 2.16. The summed E-state index contributed by atoms with van der Waals surface area (Å²) in [7, 11) is 1.66. The van der Waals surface area contributed by atoms with E-state index in [9.17, 15) is 9.59 Å². The Bertz CT molecular complexity index is 729. The third-order valence-electron chi connectivity index (χ3n) is 3.50. The van der Waals surface area contributed by atoms with E-state index in [1.54, 1.807) is 24.6 Å². The van der Waals surface area contributed by atoms with Crippen LogP contribution in [0.25, 0.3) is 0 Å². The second-order valence-electron chi connectivity index (χ2n) is 5.28. The largest absolute Gasteiger partial charge is 0.486 e. The molecule has 1 aromatic carbocycles. The second kappa shape index (κ2) is 7.35. The molecule has 0 saturated carbocycles. The lowest BCUT2D eigenvalue weighted by atomic mass is 10.2. The Balaban J connectivity index is 1.53. The number of rotatable bonds is 5. The number of carbonyl (C=O) groups is 2. The van der Waals surface area contributed by atoms with Gasteiger partial charge < -0.3 is 19.1 Å². The molecular weight excluding hydrogens is 330 g/mol. The molecule has 0 bridgehead atoms. The van der Waals surface area contributed by atoms with E-state index in [1.807, 2.05) is 18.2 Å². The molecule has 0 atom stereocenters. The van der Waals surface area contributed by atoms with Crippen LogP contribution < -0.4 is 9.47 Å². The Labute approximate surface area is 143 Å². The van der Waals surface area contributed by atoms with Gasteiger partial charge in [0.2, 0.25) is 0 Å². The average Bonchev–Trinajstić information content (AvgIpc) is 3.14. The van der Waals surface area contributed by atoms with Gasteiger partial charge in [0.1, 0.15) is 18.1 Å². The zero-order valence-corrected chi connectivity index (χ0v) is 14.0. The fraction of sp³-hybridized carbons (Fsp3) is 0.294. The minimum absolute atomic E-state index is 0.269. The highest BCUT2D eigenvalue weighted by Crippen LogP contribution is 2.31. The van der Waals surface area contributed by atoms with E-state index in [4.69, 9.17) is 14.2 Å². The molecule has 2 heterocycles. The molecular formula is C17H17NO5S. The number of hydrogen-bond donors (Lipinski definition) is 0. The molecule has 0 fully saturated rings. The summed E-state index contributed by atoms with van der Waals surface area (Å²) in [5.41, 5.74) is 0.916. The summed E-state index contributed by atoms with van der Waals surface area (Å²) in [6.07, 6.45) is 0. The van der Waals surface area contributed by atoms with Crippen LogP contribution in [0.2, 0.25) is 0 Å². The van der Waals surface area contributed by atoms with Gasteiger partial charge in [-0.05, 0) is 29.1 Å². The van der Waals surface area contributed by atoms with Crippen molar-refractivity contribution in [2.45, 2.75) is 6.54 Å². The molecule has 7 heteroatoms. The minimum Gasteiger partial charge on any atom is -0.486 e.